The minimum atomic E-state index is -2.68. The standard InChI is InChI=1S/C24H34N4O5Si/c1-4-31-34(32-5-2,33-6-3)17-9-16-25-24(30)15-13-19-12-14-23(29)22(18-19)28-26-20-10-7-8-11-21(20)27-28/h7-8,10-12,14,18,29H,4-6,9,13,15-17H2,1-3H3,(H,25,30). The molecule has 0 spiro atoms. The van der Waals surface area contributed by atoms with E-state index in [0.717, 1.165) is 23.0 Å². The van der Waals surface area contributed by atoms with Gasteiger partial charge in [-0.15, -0.1) is 15.0 Å². The number of aromatic nitrogens is 3. The number of carbonyl (C=O) groups is 1. The largest absolute Gasteiger partial charge is 0.506 e. The number of fused-ring (bicyclic) bond motifs is 1. The van der Waals surface area contributed by atoms with Gasteiger partial charge < -0.3 is 23.7 Å². The van der Waals surface area contributed by atoms with Crippen molar-refractivity contribution in [2.75, 3.05) is 26.4 Å². The van der Waals surface area contributed by atoms with E-state index in [1.165, 1.54) is 4.80 Å². The molecule has 9 nitrogen and oxygen atoms in total. The summed E-state index contributed by atoms with van der Waals surface area (Å²) in [5.74, 6) is 0.0492. The van der Waals surface area contributed by atoms with Gasteiger partial charge in [-0.2, -0.15) is 0 Å². The molecule has 184 valence electrons. The first kappa shape index (κ1) is 25.8. The molecule has 34 heavy (non-hydrogen) atoms. The van der Waals surface area contributed by atoms with Gasteiger partial charge in [0, 0.05) is 38.8 Å². The van der Waals surface area contributed by atoms with Crippen molar-refractivity contribution in [3.63, 3.8) is 0 Å². The van der Waals surface area contributed by atoms with Gasteiger partial charge in [0.2, 0.25) is 5.91 Å². The zero-order valence-corrected chi connectivity index (χ0v) is 21.1. The van der Waals surface area contributed by atoms with E-state index >= 15 is 0 Å². The Bertz CT molecular complexity index is 1020. The van der Waals surface area contributed by atoms with Crippen molar-refractivity contribution < 1.29 is 23.2 Å². The van der Waals surface area contributed by atoms with Crippen LogP contribution in [0, 0.1) is 0 Å². The SMILES string of the molecule is CCO[Si](CCCNC(=O)CCc1ccc(O)c(-n2nc3ccccc3n2)c1)(OCC)OCC. The zero-order valence-electron chi connectivity index (χ0n) is 20.1. The molecule has 0 saturated carbocycles. The van der Waals surface area contributed by atoms with Crippen LogP contribution in [0.3, 0.4) is 0 Å². The Morgan fingerprint density at radius 2 is 1.62 bits per heavy atom. The maximum atomic E-state index is 12.4. The molecule has 1 amide bonds. The Kier molecular flexibility index (Phi) is 9.58. The van der Waals surface area contributed by atoms with E-state index in [1.54, 1.807) is 6.07 Å². The highest BCUT2D eigenvalue weighted by atomic mass is 28.4. The Labute approximate surface area is 201 Å². The summed E-state index contributed by atoms with van der Waals surface area (Å²) in [5, 5.41) is 22.1. The summed E-state index contributed by atoms with van der Waals surface area (Å²) in [6.07, 6.45) is 1.60. The molecule has 2 N–H and O–H groups in total. The smallest absolute Gasteiger partial charge is 0.500 e. The molecule has 0 aliphatic rings. The lowest BCUT2D eigenvalue weighted by atomic mass is 10.1. The topological polar surface area (TPSA) is 108 Å². The van der Waals surface area contributed by atoms with Crippen LogP contribution >= 0.6 is 0 Å². The summed E-state index contributed by atoms with van der Waals surface area (Å²) in [6, 6.07) is 13.4. The van der Waals surface area contributed by atoms with Gasteiger partial charge in [0.25, 0.3) is 0 Å². The fourth-order valence-electron chi connectivity index (χ4n) is 3.73. The van der Waals surface area contributed by atoms with Gasteiger partial charge >= 0.3 is 8.80 Å². The average Bonchev–Trinajstić information content (AvgIpc) is 3.26. The summed E-state index contributed by atoms with van der Waals surface area (Å²) < 4.78 is 17.5. The minimum absolute atomic E-state index is 0.0333. The highest BCUT2D eigenvalue weighted by Gasteiger charge is 2.39. The molecular weight excluding hydrogens is 452 g/mol. The summed E-state index contributed by atoms with van der Waals surface area (Å²) in [4.78, 5) is 13.8. The van der Waals surface area contributed by atoms with Crippen molar-refractivity contribution in [1.82, 2.24) is 20.3 Å². The van der Waals surface area contributed by atoms with E-state index in [1.807, 2.05) is 57.2 Å². The zero-order chi connectivity index (χ0) is 24.4. The number of benzene rings is 2. The first-order valence-electron chi connectivity index (χ1n) is 11.8. The van der Waals surface area contributed by atoms with Gasteiger partial charge in [-0.1, -0.05) is 18.2 Å². The number of phenols is 1. The summed E-state index contributed by atoms with van der Waals surface area (Å²) in [6.45, 7) is 7.94. The van der Waals surface area contributed by atoms with Crippen LogP contribution in [0.2, 0.25) is 6.04 Å². The van der Waals surface area contributed by atoms with E-state index in [0.29, 0.717) is 50.9 Å². The van der Waals surface area contributed by atoms with Crippen LogP contribution in [0.1, 0.15) is 39.2 Å². The van der Waals surface area contributed by atoms with Gasteiger partial charge in [-0.25, -0.2) is 0 Å². The number of nitrogens with zero attached hydrogens (tertiary/aromatic N) is 3. The number of hydrogen-bond acceptors (Lipinski definition) is 7. The third-order valence-electron chi connectivity index (χ3n) is 5.26. The second kappa shape index (κ2) is 12.6. The molecule has 2 aromatic carbocycles. The Morgan fingerprint density at radius 3 is 2.21 bits per heavy atom. The third-order valence-corrected chi connectivity index (χ3v) is 8.41. The third kappa shape index (κ3) is 6.86. The second-order valence-corrected chi connectivity index (χ2v) is 10.5. The number of carbonyl (C=O) groups excluding carboxylic acids is 1. The number of amides is 1. The molecular formula is C24H34N4O5Si. The molecule has 10 heteroatoms. The van der Waals surface area contributed by atoms with Crippen LogP contribution < -0.4 is 5.32 Å². The van der Waals surface area contributed by atoms with Gasteiger partial charge in [0.05, 0.1) is 0 Å². The maximum Gasteiger partial charge on any atom is 0.500 e. The Hall–Kier alpha value is -2.79. The predicted octanol–water partition coefficient (Wildman–Crippen LogP) is 3.61. The highest BCUT2D eigenvalue weighted by Crippen LogP contribution is 2.24. The quantitative estimate of drug-likeness (QED) is 0.265. The normalized spacial score (nSPS) is 11.7. The summed E-state index contributed by atoms with van der Waals surface area (Å²) >= 11 is 0. The molecule has 0 unspecified atom stereocenters. The van der Waals surface area contributed by atoms with E-state index < -0.39 is 8.80 Å². The monoisotopic (exact) mass is 486 g/mol. The van der Waals surface area contributed by atoms with Crippen LogP contribution in [0.5, 0.6) is 5.75 Å². The van der Waals surface area contributed by atoms with Gasteiger partial charge in [0.15, 0.2) is 0 Å². The number of hydrogen-bond donors (Lipinski definition) is 2. The fourth-order valence-corrected chi connectivity index (χ4v) is 6.34. The lowest BCUT2D eigenvalue weighted by Crippen LogP contribution is -2.46. The van der Waals surface area contributed by atoms with Gasteiger partial charge in [-0.05, 0) is 63.4 Å². The van der Waals surface area contributed by atoms with Crippen molar-refractivity contribution in [3.05, 3.63) is 48.0 Å². The molecule has 3 rings (SSSR count). The van der Waals surface area contributed by atoms with Crippen LogP contribution in [0.25, 0.3) is 16.7 Å². The molecule has 0 fully saturated rings. The van der Waals surface area contributed by atoms with Crippen molar-refractivity contribution in [2.45, 2.75) is 46.1 Å². The average molecular weight is 487 g/mol. The Balaban J connectivity index is 1.51. The molecule has 1 aromatic heterocycles. The highest BCUT2D eigenvalue weighted by molar-refractivity contribution is 6.60. The molecule has 1 heterocycles. The number of rotatable bonds is 14. The lowest BCUT2D eigenvalue weighted by molar-refractivity contribution is -0.121. The van der Waals surface area contributed by atoms with Crippen molar-refractivity contribution in [1.29, 1.82) is 0 Å². The van der Waals surface area contributed by atoms with Gasteiger partial charge in [-0.3, -0.25) is 4.79 Å². The Morgan fingerprint density at radius 1 is 1.00 bits per heavy atom. The maximum absolute atomic E-state index is 12.4. The molecule has 0 bridgehead atoms. The predicted molar refractivity (Wildman–Crippen MR) is 132 cm³/mol. The first-order valence-corrected chi connectivity index (χ1v) is 13.8. The lowest BCUT2D eigenvalue weighted by Gasteiger charge is -2.28. The minimum Gasteiger partial charge on any atom is -0.506 e. The number of phenolic OH excluding ortho intramolecular Hbond substituents is 1. The van der Waals surface area contributed by atoms with Crippen LogP contribution in [-0.2, 0) is 24.5 Å². The molecule has 0 radical (unpaired) electrons. The summed E-state index contributed by atoms with van der Waals surface area (Å²) in [7, 11) is -2.68. The fraction of sp³-hybridized carbons (Fsp3) is 0.458. The molecule has 0 atom stereocenters. The number of aryl methyl sites for hydroxylation is 1. The number of nitrogens with one attached hydrogen (secondary N) is 1. The van der Waals surface area contributed by atoms with Crippen molar-refractivity contribution in [3.8, 4) is 11.4 Å². The van der Waals surface area contributed by atoms with Crippen LogP contribution in [-0.4, -0.2) is 61.2 Å². The van der Waals surface area contributed by atoms with Crippen molar-refractivity contribution in [2.24, 2.45) is 0 Å². The van der Waals surface area contributed by atoms with Crippen LogP contribution in [0.15, 0.2) is 42.5 Å². The summed E-state index contributed by atoms with van der Waals surface area (Å²) in [5.41, 5.74) is 2.89. The molecule has 0 saturated heterocycles. The first-order chi connectivity index (χ1) is 16.5. The van der Waals surface area contributed by atoms with Crippen LogP contribution in [0.4, 0.5) is 0 Å². The molecule has 3 aromatic rings. The number of aromatic hydroxyl groups is 1. The van der Waals surface area contributed by atoms with E-state index in [9.17, 15) is 9.90 Å². The van der Waals surface area contributed by atoms with Crippen molar-refractivity contribution >= 4 is 25.7 Å². The van der Waals surface area contributed by atoms with Gasteiger partial charge in [0.1, 0.15) is 22.5 Å². The van der Waals surface area contributed by atoms with E-state index in [-0.39, 0.29) is 11.7 Å². The molecule has 0 aliphatic carbocycles. The van der Waals surface area contributed by atoms with E-state index in [2.05, 4.69) is 15.5 Å². The van der Waals surface area contributed by atoms with E-state index in [4.69, 9.17) is 13.3 Å². The second-order valence-electron chi connectivity index (χ2n) is 7.74. The molecule has 0 aliphatic heterocycles.